The standard InChI is InChI=1S/C27H24ClF3N6O3S/c1-41-17-5-2-15(3-6-17)23-34-25-36(13-21(38)33-19-7-4-16(12-18(19)28)27(29,30)31)20-14-40-26(8-10-32-11-9-26)22(20)24(39)37(25)35-23/h2-7,12,32H,8-11,13-14H2,1H3,(H,33,38). The number of piperidine rings is 1. The van der Waals surface area contributed by atoms with Gasteiger partial charge in [-0.3, -0.25) is 9.59 Å². The summed E-state index contributed by atoms with van der Waals surface area (Å²) in [6, 6.07) is 10.3. The fourth-order valence-corrected chi connectivity index (χ4v) is 6.00. The molecule has 1 spiro atoms. The first kappa shape index (κ1) is 27.8. The van der Waals surface area contributed by atoms with Gasteiger partial charge in [0.1, 0.15) is 12.1 Å². The van der Waals surface area contributed by atoms with Crippen LogP contribution in [0.3, 0.4) is 0 Å². The largest absolute Gasteiger partial charge is 0.416 e. The zero-order chi connectivity index (χ0) is 28.9. The quantitative estimate of drug-likeness (QED) is 0.318. The van der Waals surface area contributed by atoms with Crippen molar-refractivity contribution in [1.82, 2.24) is 24.5 Å². The number of hydrogen-bond donors (Lipinski definition) is 2. The summed E-state index contributed by atoms with van der Waals surface area (Å²) in [5, 5.41) is 10.1. The molecule has 4 heterocycles. The van der Waals surface area contributed by atoms with Crippen molar-refractivity contribution in [3.8, 4) is 11.4 Å². The van der Waals surface area contributed by atoms with E-state index in [0.717, 1.165) is 23.1 Å². The van der Waals surface area contributed by atoms with Gasteiger partial charge in [-0.15, -0.1) is 16.9 Å². The number of thioether (sulfide) groups is 1. The highest BCUT2D eigenvalue weighted by Crippen LogP contribution is 2.41. The maximum Gasteiger partial charge on any atom is 0.416 e. The van der Waals surface area contributed by atoms with E-state index in [-0.39, 0.29) is 35.2 Å². The van der Waals surface area contributed by atoms with Gasteiger partial charge in [-0.05, 0) is 62.5 Å². The summed E-state index contributed by atoms with van der Waals surface area (Å²) in [6.45, 7) is 1.12. The maximum absolute atomic E-state index is 13.9. The molecule has 2 N–H and O–H groups in total. The summed E-state index contributed by atoms with van der Waals surface area (Å²) in [5.74, 6) is -0.0980. The third kappa shape index (κ3) is 5.00. The highest BCUT2D eigenvalue weighted by molar-refractivity contribution is 7.98. The van der Waals surface area contributed by atoms with E-state index in [1.54, 1.807) is 16.3 Å². The molecule has 0 unspecified atom stereocenters. The van der Waals surface area contributed by atoms with Crippen LogP contribution in [0.5, 0.6) is 0 Å². The van der Waals surface area contributed by atoms with Crippen molar-refractivity contribution in [1.29, 1.82) is 0 Å². The molecule has 2 aliphatic rings. The minimum absolute atomic E-state index is 0.0282. The first-order valence-corrected chi connectivity index (χ1v) is 14.4. The van der Waals surface area contributed by atoms with E-state index >= 15 is 0 Å². The number of benzene rings is 2. The second-order valence-electron chi connectivity index (χ2n) is 9.86. The molecule has 1 saturated heterocycles. The van der Waals surface area contributed by atoms with E-state index in [1.807, 2.05) is 30.5 Å². The van der Waals surface area contributed by atoms with Gasteiger partial charge < -0.3 is 19.9 Å². The number of anilines is 1. The molecule has 2 aliphatic heterocycles. The number of nitrogens with one attached hydrogen (secondary N) is 2. The summed E-state index contributed by atoms with van der Waals surface area (Å²) in [6.07, 6.45) is -1.45. The number of alkyl halides is 3. The second-order valence-corrected chi connectivity index (χ2v) is 11.1. The molecule has 6 rings (SSSR count). The molecule has 1 amide bonds. The molecule has 0 aliphatic carbocycles. The third-order valence-corrected chi connectivity index (χ3v) is 8.48. The summed E-state index contributed by atoms with van der Waals surface area (Å²) < 4.78 is 48.2. The average Bonchev–Trinajstić information content (AvgIpc) is 3.55. The van der Waals surface area contributed by atoms with Gasteiger partial charge in [0, 0.05) is 10.5 Å². The minimum atomic E-state index is -4.57. The van der Waals surface area contributed by atoms with Crippen molar-refractivity contribution in [3.63, 3.8) is 0 Å². The number of amides is 1. The molecule has 0 saturated carbocycles. The van der Waals surface area contributed by atoms with E-state index < -0.39 is 23.2 Å². The normalized spacial score (nSPS) is 16.3. The number of halogens is 4. The minimum Gasteiger partial charge on any atom is -0.364 e. The highest BCUT2D eigenvalue weighted by Gasteiger charge is 2.46. The van der Waals surface area contributed by atoms with Crippen molar-refractivity contribution >= 4 is 40.7 Å². The van der Waals surface area contributed by atoms with Crippen LogP contribution < -0.4 is 16.2 Å². The van der Waals surface area contributed by atoms with Crippen molar-refractivity contribution in [3.05, 3.63) is 74.7 Å². The van der Waals surface area contributed by atoms with E-state index in [1.165, 1.54) is 4.52 Å². The Kier molecular flexibility index (Phi) is 7.09. The lowest BCUT2D eigenvalue weighted by atomic mass is 9.86. The number of hydrogen-bond acceptors (Lipinski definition) is 7. The van der Waals surface area contributed by atoms with Crippen molar-refractivity contribution in [2.45, 2.75) is 42.7 Å². The topological polar surface area (TPSA) is 103 Å². The molecule has 214 valence electrons. The van der Waals surface area contributed by atoms with Crippen LogP contribution in [0.25, 0.3) is 17.2 Å². The Bertz CT molecular complexity index is 1710. The van der Waals surface area contributed by atoms with Crippen LogP contribution in [-0.2, 0) is 34.5 Å². The van der Waals surface area contributed by atoms with Crippen molar-refractivity contribution in [2.24, 2.45) is 0 Å². The lowest BCUT2D eigenvalue weighted by molar-refractivity contribution is -0.137. The maximum atomic E-state index is 13.9. The Morgan fingerprint density at radius 1 is 1.20 bits per heavy atom. The van der Waals surface area contributed by atoms with Gasteiger partial charge in [-0.2, -0.15) is 22.7 Å². The van der Waals surface area contributed by atoms with Gasteiger partial charge in [0.05, 0.1) is 34.1 Å². The van der Waals surface area contributed by atoms with E-state index in [9.17, 15) is 22.8 Å². The monoisotopic (exact) mass is 604 g/mol. The number of ether oxygens (including phenoxy) is 1. The predicted molar refractivity (Wildman–Crippen MR) is 148 cm³/mol. The number of aromatic nitrogens is 4. The average molecular weight is 605 g/mol. The highest BCUT2D eigenvalue weighted by atomic mass is 35.5. The van der Waals surface area contributed by atoms with Crippen LogP contribution in [0.4, 0.5) is 18.9 Å². The third-order valence-electron chi connectivity index (χ3n) is 7.42. The molecule has 2 aromatic heterocycles. The Morgan fingerprint density at radius 2 is 1.93 bits per heavy atom. The Balaban J connectivity index is 1.42. The molecule has 2 aromatic carbocycles. The zero-order valence-electron chi connectivity index (χ0n) is 21.7. The zero-order valence-corrected chi connectivity index (χ0v) is 23.3. The van der Waals surface area contributed by atoms with Crippen LogP contribution in [-0.4, -0.2) is 44.4 Å². The van der Waals surface area contributed by atoms with Crippen LogP contribution in [0.1, 0.15) is 29.7 Å². The lowest BCUT2D eigenvalue weighted by Gasteiger charge is -2.33. The van der Waals surface area contributed by atoms with Gasteiger partial charge >= 0.3 is 6.18 Å². The Hall–Kier alpha value is -3.39. The fourth-order valence-electron chi connectivity index (χ4n) is 5.37. The van der Waals surface area contributed by atoms with Crippen molar-refractivity contribution < 1.29 is 22.7 Å². The molecule has 41 heavy (non-hydrogen) atoms. The van der Waals surface area contributed by atoms with Gasteiger partial charge in [0.2, 0.25) is 11.7 Å². The molecular formula is C27H24ClF3N6O3S. The molecule has 9 nitrogen and oxygen atoms in total. The fraction of sp³-hybridized carbons (Fsp3) is 0.333. The number of carbonyl (C=O) groups is 1. The molecule has 0 atom stereocenters. The Morgan fingerprint density at radius 3 is 2.59 bits per heavy atom. The smallest absolute Gasteiger partial charge is 0.364 e. The van der Waals surface area contributed by atoms with Gasteiger partial charge in [-0.25, -0.2) is 0 Å². The molecule has 0 radical (unpaired) electrons. The van der Waals surface area contributed by atoms with Gasteiger partial charge in [0.15, 0.2) is 5.82 Å². The summed E-state index contributed by atoms with van der Waals surface area (Å²) in [7, 11) is 0. The van der Waals surface area contributed by atoms with Crippen LogP contribution in [0.15, 0.2) is 52.2 Å². The predicted octanol–water partition coefficient (Wildman–Crippen LogP) is 4.70. The molecule has 1 fully saturated rings. The number of nitrogens with zero attached hydrogens (tertiary/aromatic N) is 4. The SMILES string of the molecule is CSc1ccc(-c2nc3n(CC(=O)Nc4ccc(C(F)(F)F)cc4Cl)c4c(c(=O)n3n2)C2(CCNCC2)OC4)cc1. The second kappa shape index (κ2) is 10.5. The molecular weight excluding hydrogens is 581 g/mol. The van der Waals surface area contributed by atoms with Gasteiger partial charge in [0.25, 0.3) is 5.56 Å². The van der Waals surface area contributed by atoms with E-state index in [0.29, 0.717) is 48.6 Å². The van der Waals surface area contributed by atoms with E-state index in [4.69, 9.17) is 16.3 Å². The lowest BCUT2D eigenvalue weighted by Crippen LogP contribution is -2.43. The van der Waals surface area contributed by atoms with Crippen LogP contribution >= 0.6 is 23.4 Å². The van der Waals surface area contributed by atoms with Gasteiger partial charge in [-0.1, -0.05) is 23.7 Å². The van der Waals surface area contributed by atoms with Crippen molar-refractivity contribution in [2.75, 3.05) is 24.7 Å². The van der Waals surface area contributed by atoms with Crippen LogP contribution in [0, 0.1) is 0 Å². The molecule has 4 aromatic rings. The first-order chi connectivity index (χ1) is 19.6. The Labute approximate surface area is 241 Å². The summed E-state index contributed by atoms with van der Waals surface area (Å²) >= 11 is 7.66. The summed E-state index contributed by atoms with van der Waals surface area (Å²) in [5.41, 5.74) is -0.391. The number of rotatable bonds is 5. The number of carbonyl (C=O) groups excluding carboxylic acids is 1. The molecule has 14 heteroatoms. The summed E-state index contributed by atoms with van der Waals surface area (Å²) in [4.78, 5) is 32.8. The molecule has 0 bridgehead atoms. The van der Waals surface area contributed by atoms with Crippen LogP contribution in [0.2, 0.25) is 5.02 Å². The number of fused-ring (bicyclic) bond motifs is 3. The first-order valence-electron chi connectivity index (χ1n) is 12.8. The van der Waals surface area contributed by atoms with E-state index in [2.05, 4.69) is 20.7 Å².